The molecule has 0 atom stereocenters. The lowest BCUT2D eigenvalue weighted by Gasteiger charge is -2.27. The number of thioether (sulfide) groups is 1. The van der Waals surface area contributed by atoms with E-state index in [1.54, 1.807) is 18.9 Å². The van der Waals surface area contributed by atoms with E-state index >= 15 is 0 Å². The van der Waals surface area contributed by atoms with Crippen molar-refractivity contribution >= 4 is 17.7 Å². The first-order valence-corrected chi connectivity index (χ1v) is 7.74. The fraction of sp³-hybridized carbons (Fsp3) is 0.533. The van der Waals surface area contributed by atoms with Gasteiger partial charge in [-0.25, -0.2) is 0 Å². The molecule has 1 fully saturated rings. The van der Waals surface area contributed by atoms with Crippen molar-refractivity contribution in [2.75, 3.05) is 13.4 Å². The molecular formula is C15H20O3S. The van der Waals surface area contributed by atoms with Crippen molar-refractivity contribution in [2.24, 2.45) is 0 Å². The smallest absolute Gasteiger partial charge is 0.314 e. The van der Waals surface area contributed by atoms with Gasteiger partial charge in [0.2, 0.25) is 0 Å². The lowest BCUT2D eigenvalue weighted by Crippen LogP contribution is -2.33. The van der Waals surface area contributed by atoms with E-state index in [1.807, 2.05) is 25.3 Å². The Bertz CT molecular complexity index is 490. The van der Waals surface area contributed by atoms with Gasteiger partial charge in [-0.3, -0.25) is 4.79 Å². The molecule has 1 aliphatic carbocycles. The van der Waals surface area contributed by atoms with Crippen LogP contribution < -0.4 is 4.74 Å². The predicted molar refractivity (Wildman–Crippen MR) is 77.3 cm³/mol. The highest BCUT2D eigenvalue weighted by molar-refractivity contribution is 7.98. The maximum Gasteiger partial charge on any atom is 0.314 e. The van der Waals surface area contributed by atoms with Crippen LogP contribution in [0.3, 0.4) is 0 Å². The van der Waals surface area contributed by atoms with Gasteiger partial charge in [0, 0.05) is 4.90 Å². The summed E-state index contributed by atoms with van der Waals surface area (Å²) in [6, 6.07) is 3.97. The Morgan fingerprint density at radius 3 is 2.47 bits per heavy atom. The molecule has 0 aliphatic heterocycles. The van der Waals surface area contributed by atoms with Gasteiger partial charge in [-0.05, 0) is 49.3 Å². The zero-order valence-electron chi connectivity index (χ0n) is 11.7. The van der Waals surface area contributed by atoms with E-state index in [0.29, 0.717) is 0 Å². The molecule has 19 heavy (non-hydrogen) atoms. The van der Waals surface area contributed by atoms with Gasteiger partial charge in [0.05, 0.1) is 12.5 Å². The molecule has 0 heterocycles. The minimum absolute atomic E-state index is 0.703. The van der Waals surface area contributed by atoms with E-state index < -0.39 is 11.4 Å². The molecule has 104 valence electrons. The zero-order valence-corrected chi connectivity index (χ0v) is 12.5. The molecule has 0 aromatic heterocycles. The lowest BCUT2D eigenvalue weighted by molar-refractivity contribution is -0.143. The topological polar surface area (TPSA) is 46.5 Å². The molecule has 0 unspecified atom stereocenters. The minimum Gasteiger partial charge on any atom is -0.496 e. The second kappa shape index (κ2) is 5.45. The average Bonchev–Trinajstić information content (AvgIpc) is 2.88. The van der Waals surface area contributed by atoms with Gasteiger partial charge >= 0.3 is 5.97 Å². The first-order chi connectivity index (χ1) is 9.05. The van der Waals surface area contributed by atoms with Crippen LogP contribution in [0.4, 0.5) is 0 Å². The van der Waals surface area contributed by atoms with Crippen molar-refractivity contribution in [1.29, 1.82) is 0 Å². The minimum atomic E-state index is -0.723. The summed E-state index contributed by atoms with van der Waals surface area (Å²) in [5.41, 5.74) is 1.25. The first-order valence-electron chi connectivity index (χ1n) is 6.51. The molecule has 0 radical (unpaired) electrons. The highest BCUT2D eigenvalue weighted by atomic mass is 32.2. The molecule has 1 aromatic carbocycles. The molecule has 0 amide bonds. The maximum absolute atomic E-state index is 11.8. The maximum atomic E-state index is 11.8. The number of ether oxygens (including phenoxy) is 1. The SMILES string of the molecule is COc1cc(C2(C(=O)O)CCCC2)c(SC)cc1C. The second-order valence-corrected chi connectivity index (χ2v) is 5.96. The molecule has 1 saturated carbocycles. The van der Waals surface area contributed by atoms with Crippen molar-refractivity contribution in [3.8, 4) is 5.75 Å². The van der Waals surface area contributed by atoms with Gasteiger partial charge in [0.1, 0.15) is 5.75 Å². The second-order valence-electron chi connectivity index (χ2n) is 5.12. The third-order valence-corrected chi connectivity index (χ3v) is 4.88. The van der Waals surface area contributed by atoms with E-state index in [-0.39, 0.29) is 0 Å². The summed E-state index contributed by atoms with van der Waals surface area (Å²) in [5.74, 6) is 0.0755. The summed E-state index contributed by atoms with van der Waals surface area (Å²) >= 11 is 1.61. The molecule has 0 spiro atoms. The monoisotopic (exact) mass is 280 g/mol. The zero-order chi connectivity index (χ0) is 14.0. The van der Waals surface area contributed by atoms with Gasteiger partial charge in [0.15, 0.2) is 0 Å². The molecule has 3 nitrogen and oxygen atoms in total. The highest BCUT2D eigenvalue weighted by Gasteiger charge is 2.44. The fourth-order valence-electron chi connectivity index (χ4n) is 3.00. The van der Waals surface area contributed by atoms with Crippen molar-refractivity contribution in [3.05, 3.63) is 23.3 Å². The number of carbonyl (C=O) groups is 1. The van der Waals surface area contributed by atoms with Gasteiger partial charge < -0.3 is 9.84 Å². The van der Waals surface area contributed by atoms with E-state index in [2.05, 4.69) is 0 Å². The van der Waals surface area contributed by atoms with Crippen LogP contribution in [0.15, 0.2) is 17.0 Å². The standard InChI is InChI=1S/C15H20O3S/c1-10-8-13(19-3)11(9-12(10)18-2)15(14(16)17)6-4-5-7-15/h8-9H,4-7H2,1-3H3,(H,16,17). The largest absolute Gasteiger partial charge is 0.496 e. The summed E-state index contributed by atoms with van der Waals surface area (Å²) < 4.78 is 5.37. The van der Waals surface area contributed by atoms with Crippen LogP contribution in [0.2, 0.25) is 0 Å². The van der Waals surface area contributed by atoms with Crippen LogP contribution in [0.5, 0.6) is 5.75 Å². The average molecular weight is 280 g/mol. The number of hydrogen-bond donors (Lipinski definition) is 1. The number of methoxy groups -OCH3 is 1. The van der Waals surface area contributed by atoms with Crippen LogP contribution in [0.1, 0.15) is 36.8 Å². The molecule has 1 aromatic rings. The molecule has 0 saturated heterocycles. The number of rotatable bonds is 4. The number of aliphatic carboxylic acids is 1. The predicted octanol–water partition coefficient (Wildman–Crippen LogP) is 3.62. The summed E-state index contributed by atoms with van der Waals surface area (Å²) in [6.07, 6.45) is 5.41. The van der Waals surface area contributed by atoms with E-state index in [0.717, 1.165) is 47.5 Å². The summed E-state index contributed by atoms with van der Waals surface area (Å²) in [4.78, 5) is 12.9. The lowest BCUT2D eigenvalue weighted by atomic mass is 9.78. The molecule has 2 rings (SSSR count). The number of aryl methyl sites for hydroxylation is 1. The van der Waals surface area contributed by atoms with Crippen molar-refractivity contribution in [2.45, 2.75) is 42.9 Å². The van der Waals surface area contributed by atoms with Gasteiger partial charge in [0.25, 0.3) is 0 Å². The highest BCUT2D eigenvalue weighted by Crippen LogP contribution is 2.46. The van der Waals surface area contributed by atoms with Crippen LogP contribution in [0, 0.1) is 6.92 Å². The Hall–Kier alpha value is -1.16. The third kappa shape index (κ3) is 2.34. The van der Waals surface area contributed by atoms with E-state index in [1.165, 1.54) is 0 Å². The quantitative estimate of drug-likeness (QED) is 0.856. The molecule has 1 aliphatic rings. The number of hydrogen-bond acceptors (Lipinski definition) is 3. The van der Waals surface area contributed by atoms with Crippen LogP contribution in [-0.4, -0.2) is 24.4 Å². The summed E-state index contributed by atoms with van der Waals surface area (Å²) in [6.45, 7) is 1.99. The summed E-state index contributed by atoms with van der Waals surface area (Å²) in [7, 11) is 1.63. The number of carboxylic acids is 1. The number of benzene rings is 1. The van der Waals surface area contributed by atoms with Crippen LogP contribution in [0.25, 0.3) is 0 Å². The van der Waals surface area contributed by atoms with Gasteiger partial charge in [-0.2, -0.15) is 0 Å². The van der Waals surface area contributed by atoms with Crippen molar-refractivity contribution in [3.63, 3.8) is 0 Å². The summed E-state index contributed by atoms with van der Waals surface area (Å²) in [5, 5.41) is 9.72. The Labute approximate surface area is 118 Å². The van der Waals surface area contributed by atoms with E-state index in [9.17, 15) is 9.90 Å². The van der Waals surface area contributed by atoms with Crippen molar-refractivity contribution in [1.82, 2.24) is 0 Å². The van der Waals surface area contributed by atoms with Crippen molar-refractivity contribution < 1.29 is 14.6 Å². The van der Waals surface area contributed by atoms with Crippen LogP contribution >= 0.6 is 11.8 Å². The van der Waals surface area contributed by atoms with Crippen LogP contribution in [-0.2, 0) is 10.2 Å². The normalized spacial score (nSPS) is 17.4. The Balaban J connectivity index is 2.61. The molecular weight excluding hydrogens is 260 g/mol. The van der Waals surface area contributed by atoms with Gasteiger partial charge in [-0.1, -0.05) is 12.8 Å². The Morgan fingerprint density at radius 1 is 1.37 bits per heavy atom. The molecule has 1 N–H and O–H groups in total. The number of carboxylic acid groups (broad SMARTS) is 1. The third-order valence-electron chi connectivity index (χ3n) is 4.10. The first kappa shape index (κ1) is 14.3. The van der Waals surface area contributed by atoms with E-state index in [4.69, 9.17) is 4.74 Å². The Morgan fingerprint density at radius 2 is 2.00 bits per heavy atom. The fourth-order valence-corrected chi connectivity index (χ4v) is 3.77. The molecule has 4 heteroatoms. The Kier molecular flexibility index (Phi) is 4.09. The molecule has 0 bridgehead atoms. The van der Waals surface area contributed by atoms with Gasteiger partial charge in [-0.15, -0.1) is 11.8 Å².